The van der Waals surface area contributed by atoms with Gasteiger partial charge in [0.15, 0.2) is 0 Å². The van der Waals surface area contributed by atoms with Gasteiger partial charge in [0, 0.05) is 6.61 Å². The van der Waals surface area contributed by atoms with E-state index in [2.05, 4.69) is 9.97 Å². The molecule has 5 nitrogen and oxygen atoms in total. The second-order valence-electron chi connectivity index (χ2n) is 5.52. The molecule has 110 valence electrons. The number of H-pyrrole nitrogens is 1. The second kappa shape index (κ2) is 5.33. The predicted molar refractivity (Wildman–Crippen MR) is 79.1 cm³/mol. The number of aromatic amines is 1. The van der Waals surface area contributed by atoms with E-state index in [-0.39, 0.29) is 17.0 Å². The third-order valence-corrected chi connectivity index (χ3v) is 3.93. The zero-order chi connectivity index (χ0) is 14.9. The molecule has 0 aliphatic carbocycles. The Balaban J connectivity index is 2.06. The van der Waals surface area contributed by atoms with Crippen molar-refractivity contribution >= 4 is 0 Å². The van der Waals surface area contributed by atoms with Gasteiger partial charge in [-0.15, -0.1) is 0 Å². The van der Waals surface area contributed by atoms with Gasteiger partial charge >= 0.3 is 0 Å². The molecule has 0 bridgehead atoms. The molecule has 2 heterocycles. The molecule has 3 rings (SSSR count). The number of hydrogen-bond donors (Lipinski definition) is 2. The third kappa shape index (κ3) is 2.56. The predicted octanol–water partition coefficient (Wildman–Crippen LogP) is 2.56. The van der Waals surface area contributed by atoms with E-state index in [0.717, 1.165) is 19.3 Å². The first-order valence-electron chi connectivity index (χ1n) is 7.13. The number of nitrogens with one attached hydrogen (secondary N) is 1. The first kappa shape index (κ1) is 13.8. The van der Waals surface area contributed by atoms with Crippen LogP contribution in [0.4, 0.5) is 0 Å². The molecule has 0 saturated carbocycles. The van der Waals surface area contributed by atoms with Crippen LogP contribution in [-0.4, -0.2) is 21.7 Å². The topological polar surface area (TPSA) is 75.2 Å². The molecule has 1 unspecified atom stereocenters. The van der Waals surface area contributed by atoms with Crippen molar-refractivity contribution in [3.63, 3.8) is 0 Å². The maximum Gasteiger partial charge on any atom is 0.262 e. The average Bonchev–Trinajstić information content (AvgIpc) is 2.48. The highest BCUT2D eigenvalue weighted by molar-refractivity contribution is 5.66. The monoisotopic (exact) mass is 286 g/mol. The summed E-state index contributed by atoms with van der Waals surface area (Å²) in [5.74, 6) is 0.139. The van der Waals surface area contributed by atoms with Crippen molar-refractivity contribution in [2.75, 3.05) is 6.61 Å². The van der Waals surface area contributed by atoms with Crippen LogP contribution in [-0.2, 0) is 10.3 Å². The SMILES string of the molecule is CC1(c2nc(O)c(-c3ccccc3)c(=O)[nH]2)CCCCO1. The smallest absolute Gasteiger partial charge is 0.262 e. The molecule has 1 aliphatic rings. The van der Waals surface area contributed by atoms with E-state index >= 15 is 0 Å². The molecule has 1 atom stereocenters. The molecular formula is C16H18N2O3. The van der Waals surface area contributed by atoms with Crippen molar-refractivity contribution in [3.05, 3.63) is 46.5 Å². The molecule has 2 aromatic rings. The van der Waals surface area contributed by atoms with E-state index in [1.165, 1.54) is 0 Å². The lowest BCUT2D eigenvalue weighted by Crippen LogP contribution is -2.34. The Morgan fingerprint density at radius 2 is 2.05 bits per heavy atom. The molecule has 21 heavy (non-hydrogen) atoms. The van der Waals surface area contributed by atoms with Gasteiger partial charge < -0.3 is 14.8 Å². The number of nitrogens with zero attached hydrogens (tertiary/aromatic N) is 1. The second-order valence-corrected chi connectivity index (χ2v) is 5.52. The summed E-state index contributed by atoms with van der Waals surface area (Å²) in [6.07, 6.45) is 2.80. The molecule has 1 aromatic heterocycles. The maximum atomic E-state index is 12.3. The zero-order valence-corrected chi connectivity index (χ0v) is 11.9. The van der Waals surface area contributed by atoms with Crippen LogP contribution in [0.15, 0.2) is 35.1 Å². The van der Waals surface area contributed by atoms with Gasteiger partial charge in [-0.1, -0.05) is 30.3 Å². The maximum absolute atomic E-state index is 12.3. The van der Waals surface area contributed by atoms with Crippen molar-refractivity contribution in [1.29, 1.82) is 0 Å². The van der Waals surface area contributed by atoms with E-state index in [0.29, 0.717) is 18.0 Å². The first-order chi connectivity index (χ1) is 10.1. The highest BCUT2D eigenvalue weighted by Crippen LogP contribution is 2.33. The minimum Gasteiger partial charge on any atom is -0.493 e. The van der Waals surface area contributed by atoms with Crippen LogP contribution in [0.1, 0.15) is 32.0 Å². The Morgan fingerprint density at radius 3 is 2.67 bits per heavy atom. The van der Waals surface area contributed by atoms with Gasteiger partial charge in [-0.05, 0) is 31.7 Å². The van der Waals surface area contributed by atoms with Gasteiger partial charge in [-0.2, -0.15) is 4.98 Å². The zero-order valence-electron chi connectivity index (χ0n) is 11.9. The van der Waals surface area contributed by atoms with Crippen LogP contribution >= 0.6 is 0 Å². The fraction of sp³-hybridized carbons (Fsp3) is 0.375. The Morgan fingerprint density at radius 1 is 1.29 bits per heavy atom. The number of ether oxygens (including phenoxy) is 1. The van der Waals surface area contributed by atoms with Crippen LogP contribution in [0.2, 0.25) is 0 Å². The van der Waals surface area contributed by atoms with Crippen LogP contribution in [0, 0.1) is 0 Å². The van der Waals surface area contributed by atoms with Crippen molar-refractivity contribution in [2.45, 2.75) is 31.8 Å². The summed E-state index contributed by atoms with van der Waals surface area (Å²) in [5, 5.41) is 10.2. The van der Waals surface area contributed by atoms with Crippen LogP contribution in [0.25, 0.3) is 11.1 Å². The summed E-state index contributed by atoms with van der Waals surface area (Å²) >= 11 is 0. The number of aromatic hydroxyl groups is 1. The van der Waals surface area contributed by atoms with Crippen molar-refractivity contribution in [3.8, 4) is 17.0 Å². The summed E-state index contributed by atoms with van der Waals surface area (Å²) < 4.78 is 5.76. The summed E-state index contributed by atoms with van der Waals surface area (Å²) in [4.78, 5) is 19.3. The first-order valence-corrected chi connectivity index (χ1v) is 7.13. The Bertz CT molecular complexity index is 688. The van der Waals surface area contributed by atoms with Gasteiger partial charge in [0.1, 0.15) is 17.0 Å². The average molecular weight is 286 g/mol. The van der Waals surface area contributed by atoms with Crippen LogP contribution < -0.4 is 5.56 Å². The van der Waals surface area contributed by atoms with Gasteiger partial charge in [-0.25, -0.2) is 0 Å². The number of hydrogen-bond acceptors (Lipinski definition) is 4. The van der Waals surface area contributed by atoms with Crippen LogP contribution in [0.3, 0.4) is 0 Å². The molecule has 0 amide bonds. The Hall–Kier alpha value is -2.14. The quantitative estimate of drug-likeness (QED) is 0.889. The molecule has 0 radical (unpaired) electrons. The minimum atomic E-state index is -0.635. The number of rotatable bonds is 2. The van der Waals surface area contributed by atoms with Crippen molar-refractivity contribution in [1.82, 2.24) is 9.97 Å². The lowest BCUT2D eigenvalue weighted by Gasteiger charge is -2.32. The molecule has 0 spiro atoms. The third-order valence-electron chi connectivity index (χ3n) is 3.93. The summed E-state index contributed by atoms with van der Waals surface area (Å²) in [6, 6.07) is 9.02. The normalized spacial score (nSPS) is 22.1. The molecular weight excluding hydrogens is 268 g/mol. The highest BCUT2D eigenvalue weighted by atomic mass is 16.5. The van der Waals surface area contributed by atoms with Gasteiger partial charge in [-0.3, -0.25) is 4.79 Å². The molecule has 1 aliphatic heterocycles. The molecule has 1 aromatic carbocycles. The van der Waals surface area contributed by atoms with E-state index in [1.807, 2.05) is 25.1 Å². The van der Waals surface area contributed by atoms with Gasteiger partial charge in [0.05, 0.1) is 0 Å². The molecule has 2 N–H and O–H groups in total. The summed E-state index contributed by atoms with van der Waals surface area (Å²) in [7, 11) is 0. The number of benzene rings is 1. The van der Waals surface area contributed by atoms with E-state index in [4.69, 9.17) is 4.74 Å². The Labute approximate surface area is 122 Å². The lowest BCUT2D eigenvalue weighted by molar-refractivity contribution is -0.0764. The van der Waals surface area contributed by atoms with Crippen molar-refractivity contribution < 1.29 is 9.84 Å². The van der Waals surface area contributed by atoms with E-state index in [1.54, 1.807) is 12.1 Å². The Kier molecular flexibility index (Phi) is 3.51. The number of aromatic nitrogens is 2. The van der Waals surface area contributed by atoms with E-state index < -0.39 is 5.60 Å². The highest BCUT2D eigenvalue weighted by Gasteiger charge is 2.33. The summed E-state index contributed by atoms with van der Waals surface area (Å²) in [5.41, 5.74) is -0.146. The molecule has 1 saturated heterocycles. The van der Waals surface area contributed by atoms with Gasteiger partial charge in [0.25, 0.3) is 5.56 Å². The largest absolute Gasteiger partial charge is 0.493 e. The van der Waals surface area contributed by atoms with Crippen LogP contribution in [0.5, 0.6) is 5.88 Å². The fourth-order valence-electron chi connectivity index (χ4n) is 2.70. The molecule has 5 heteroatoms. The van der Waals surface area contributed by atoms with E-state index in [9.17, 15) is 9.90 Å². The fourth-order valence-corrected chi connectivity index (χ4v) is 2.70. The van der Waals surface area contributed by atoms with Crippen molar-refractivity contribution in [2.24, 2.45) is 0 Å². The summed E-state index contributed by atoms with van der Waals surface area (Å²) in [6.45, 7) is 2.54. The minimum absolute atomic E-state index is 0.193. The molecule has 1 fully saturated rings. The van der Waals surface area contributed by atoms with Gasteiger partial charge in [0.2, 0.25) is 5.88 Å². The standard InChI is InChI=1S/C16H18N2O3/c1-16(9-5-6-10-21-16)15-17-13(19)12(14(20)18-15)11-7-3-2-4-8-11/h2-4,7-8H,5-6,9-10H2,1H3,(H2,17,18,19,20). The lowest BCUT2D eigenvalue weighted by atomic mass is 9.95.